The van der Waals surface area contributed by atoms with Gasteiger partial charge in [0.15, 0.2) is 0 Å². The van der Waals surface area contributed by atoms with E-state index in [1.54, 1.807) is 0 Å². The average Bonchev–Trinajstić information content (AvgIpc) is 3.26. The van der Waals surface area contributed by atoms with Crippen LogP contribution in [-0.4, -0.2) is 74.3 Å². The largest absolute Gasteiger partial charge is 0.472 e. The number of unbranched alkanes of at least 4 members (excludes halogenated alkanes) is 17. The maximum absolute atomic E-state index is 13.4. The van der Waals surface area contributed by atoms with E-state index < -0.39 is 20.0 Å². The molecule has 0 aromatic heterocycles. The lowest BCUT2D eigenvalue weighted by Crippen LogP contribution is -2.47. The third-order valence-electron chi connectivity index (χ3n) is 10.8. The van der Waals surface area contributed by atoms with E-state index in [1.807, 2.05) is 45.4 Å². The van der Waals surface area contributed by atoms with Crippen LogP contribution in [0, 0.1) is 0 Å². The molecule has 10 heteroatoms. The van der Waals surface area contributed by atoms with E-state index >= 15 is 0 Å². The summed E-state index contributed by atoms with van der Waals surface area (Å²) >= 11 is 0. The Kier molecular flexibility index (Phi) is 43.1. The summed E-state index contributed by atoms with van der Waals surface area (Å²) in [6, 6.07) is -0.892. The fourth-order valence-corrected chi connectivity index (χ4v) is 7.52. The van der Waals surface area contributed by atoms with E-state index in [2.05, 4.69) is 86.8 Å². The van der Waals surface area contributed by atoms with Crippen LogP contribution in [0.15, 0.2) is 85.1 Å². The van der Waals surface area contributed by atoms with Crippen molar-refractivity contribution in [2.75, 3.05) is 40.9 Å². The first-order chi connectivity index (χ1) is 31.4. The van der Waals surface area contributed by atoms with Crippen LogP contribution >= 0.6 is 7.82 Å². The molecule has 2 N–H and O–H groups in total. The number of carbonyl (C=O) groups excluding carboxylic acids is 2. The van der Waals surface area contributed by atoms with Crippen molar-refractivity contribution in [2.24, 2.45) is 0 Å². The zero-order valence-corrected chi connectivity index (χ0v) is 43.3. The van der Waals surface area contributed by atoms with Crippen molar-refractivity contribution in [1.82, 2.24) is 5.32 Å². The van der Waals surface area contributed by atoms with Crippen LogP contribution in [0.1, 0.15) is 201 Å². The van der Waals surface area contributed by atoms with Crippen molar-refractivity contribution < 1.29 is 37.3 Å². The molecule has 0 spiro atoms. The van der Waals surface area contributed by atoms with Crippen molar-refractivity contribution in [3.63, 3.8) is 0 Å². The molecular formula is C55H98N2O7P+. The molecular weight excluding hydrogens is 832 g/mol. The quantitative estimate of drug-likeness (QED) is 0.0206. The third kappa shape index (κ3) is 46.1. The number of carbonyl (C=O) groups is 2. The smallest absolute Gasteiger partial charge is 0.456 e. The first-order valence-electron chi connectivity index (χ1n) is 25.9. The molecule has 374 valence electrons. The molecule has 0 saturated heterocycles. The SMILES string of the molecule is CC/C=C/C/C=C/C/C=C/C/C=C/C/C=C/CCC(=O)NC(COP(=O)(O)OCC[N+](C)(C)C)C(/C=C\CCCCCCCCCCCC)OC(=O)CCCCCCC/C=C\CCCC. The Morgan fingerprint density at radius 2 is 1.02 bits per heavy atom. The highest BCUT2D eigenvalue weighted by Gasteiger charge is 2.30. The second kappa shape index (κ2) is 45.0. The van der Waals surface area contributed by atoms with Gasteiger partial charge in [0.2, 0.25) is 5.91 Å². The number of esters is 1. The van der Waals surface area contributed by atoms with Gasteiger partial charge >= 0.3 is 13.8 Å². The number of hydrogen-bond donors (Lipinski definition) is 2. The minimum Gasteiger partial charge on any atom is -0.456 e. The summed E-state index contributed by atoms with van der Waals surface area (Å²) in [4.78, 5) is 37.3. The number of likely N-dealkylation sites (N-methyl/N-ethyl adjacent to an activating group) is 1. The van der Waals surface area contributed by atoms with Crippen LogP contribution < -0.4 is 5.32 Å². The Hall–Kier alpha value is -2.81. The molecule has 0 saturated carbocycles. The maximum atomic E-state index is 13.4. The molecule has 0 aromatic carbocycles. The molecule has 3 atom stereocenters. The lowest BCUT2D eigenvalue weighted by molar-refractivity contribution is -0.870. The number of hydrogen-bond acceptors (Lipinski definition) is 6. The molecule has 1 amide bonds. The minimum atomic E-state index is -4.46. The average molecular weight is 930 g/mol. The van der Waals surface area contributed by atoms with E-state index in [0.29, 0.717) is 23.9 Å². The number of allylic oxidation sites excluding steroid dienone is 13. The Morgan fingerprint density at radius 1 is 0.554 bits per heavy atom. The van der Waals surface area contributed by atoms with Crippen molar-refractivity contribution in [3.05, 3.63) is 85.1 Å². The highest BCUT2D eigenvalue weighted by Crippen LogP contribution is 2.43. The molecule has 3 unspecified atom stereocenters. The van der Waals surface area contributed by atoms with Crippen LogP contribution in [0.2, 0.25) is 0 Å². The number of quaternary nitrogens is 1. The topological polar surface area (TPSA) is 111 Å². The molecule has 0 fully saturated rings. The van der Waals surface area contributed by atoms with Crippen LogP contribution in [0.5, 0.6) is 0 Å². The molecule has 0 bridgehead atoms. The fourth-order valence-electron chi connectivity index (χ4n) is 6.79. The summed E-state index contributed by atoms with van der Waals surface area (Å²) in [7, 11) is 1.43. The minimum absolute atomic E-state index is 0.0222. The molecule has 0 aromatic rings. The van der Waals surface area contributed by atoms with Crippen LogP contribution in [0.4, 0.5) is 0 Å². The maximum Gasteiger partial charge on any atom is 0.472 e. The summed E-state index contributed by atoms with van der Waals surface area (Å²) in [6.07, 6.45) is 57.4. The Morgan fingerprint density at radius 3 is 1.55 bits per heavy atom. The molecule has 0 radical (unpaired) electrons. The zero-order valence-electron chi connectivity index (χ0n) is 42.4. The first-order valence-corrected chi connectivity index (χ1v) is 27.4. The molecule has 0 aliphatic carbocycles. The number of rotatable bonds is 45. The molecule has 0 aliphatic rings. The van der Waals surface area contributed by atoms with Gasteiger partial charge in [0.05, 0.1) is 33.8 Å². The van der Waals surface area contributed by atoms with Gasteiger partial charge < -0.3 is 19.4 Å². The number of amides is 1. The van der Waals surface area contributed by atoms with Crippen molar-refractivity contribution in [3.8, 4) is 0 Å². The van der Waals surface area contributed by atoms with Gasteiger partial charge in [-0.2, -0.15) is 0 Å². The summed E-state index contributed by atoms with van der Waals surface area (Å²) in [5.41, 5.74) is 0. The second-order valence-corrected chi connectivity index (χ2v) is 19.8. The number of nitrogens with one attached hydrogen (secondary N) is 1. The Balaban J connectivity index is 5.57. The lowest BCUT2D eigenvalue weighted by Gasteiger charge is -2.27. The van der Waals surface area contributed by atoms with E-state index in [0.717, 1.165) is 89.9 Å². The van der Waals surface area contributed by atoms with Crippen LogP contribution in [-0.2, 0) is 27.9 Å². The summed E-state index contributed by atoms with van der Waals surface area (Å²) in [5.74, 6) is -0.621. The monoisotopic (exact) mass is 930 g/mol. The molecule has 0 heterocycles. The van der Waals surface area contributed by atoms with Crippen LogP contribution in [0.25, 0.3) is 0 Å². The third-order valence-corrected chi connectivity index (χ3v) is 11.8. The van der Waals surface area contributed by atoms with E-state index in [-0.39, 0.29) is 37.9 Å². The molecule has 0 rings (SSSR count). The van der Waals surface area contributed by atoms with Gasteiger partial charge in [-0.05, 0) is 83.1 Å². The second-order valence-electron chi connectivity index (χ2n) is 18.3. The number of nitrogens with zero attached hydrogens (tertiary/aromatic N) is 1. The zero-order chi connectivity index (χ0) is 48.0. The van der Waals surface area contributed by atoms with Gasteiger partial charge in [-0.25, -0.2) is 4.57 Å². The lowest BCUT2D eigenvalue weighted by atomic mass is 10.1. The molecule has 9 nitrogen and oxygen atoms in total. The normalized spacial score (nSPS) is 14.6. The first kappa shape index (κ1) is 62.2. The standard InChI is InChI=1S/C55H97N2O7P/c1-7-10-13-16-19-22-25-27-28-29-30-33-35-38-41-44-47-54(58)56-52(51-63-65(60,61)62-50-49-57(4,5)6)53(46-43-40-37-34-32-26-23-20-17-14-11-8-2)64-55(59)48-45-42-39-36-31-24-21-18-15-12-9-3/h10,13,18-19,21-22,27-28,30,33,38,41,43,46,52-53H,7-9,11-12,14-17,20,23-26,29,31-32,34-37,39-40,42,44-45,47-51H2,1-6H3,(H-,56,58,60,61)/p+1/b13-10+,21-18-,22-19+,28-27+,33-30+,41-38+,46-43-. The van der Waals surface area contributed by atoms with E-state index in [1.165, 1.54) is 64.2 Å². The van der Waals surface area contributed by atoms with Gasteiger partial charge in [-0.3, -0.25) is 18.6 Å². The highest BCUT2D eigenvalue weighted by atomic mass is 31.2. The number of phosphoric acid groups is 1. The van der Waals surface area contributed by atoms with Gasteiger partial charge in [-0.1, -0.05) is 190 Å². The van der Waals surface area contributed by atoms with Gasteiger partial charge in [-0.15, -0.1) is 0 Å². The van der Waals surface area contributed by atoms with Gasteiger partial charge in [0, 0.05) is 12.8 Å². The fraction of sp³-hybridized carbons (Fsp3) is 0.709. The summed E-state index contributed by atoms with van der Waals surface area (Å²) in [6.45, 7) is 6.76. The molecule has 65 heavy (non-hydrogen) atoms. The van der Waals surface area contributed by atoms with E-state index in [9.17, 15) is 19.0 Å². The Labute approximate surface area is 399 Å². The number of ether oxygens (including phenoxy) is 1. The summed E-state index contributed by atoms with van der Waals surface area (Å²) in [5, 5.41) is 2.98. The van der Waals surface area contributed by atoms with Gasteiger partial charge in [0.25, 0.3) is 0 Å². The number of phosphoric ester groups is 1. The van der Waals surface area contributed by atoms with E-state index in [4.69, 9.17) is 13.8 Å². The Bertz CT molecular complexity index is 1390. The van der Waals surface area contributed by atoms with Crippen molar-refractivity contribution in [1.29, 1.82) is 0 Å². The van der Waals surface area contributed by atoms with Crippen molar-refractivity contribution >= 4 is 19.7 Å². The summed E-state index contributed by atoms with van der Waals surface area (Å²) < 4.78 is 30.4. The predicted octanol–water partition coefficient (Wildman–Crippen LogP) is 15.1. The molecule has 0 aliphatic heterocycles. The van der Waals surface area contributed by atoms with Crippen LogP contribution in [0.3, 0.4) is 0 Å². The highest BCUT2D eigenvalue weighted by molar-refractivity contribution is 7.47. The van der Waals surface area contributed by atoms with Gasteiger partial charge in [0.1, 0.15) is 19.3 Å². The predicted molar refractivity (Wildman–Crippen MR) is 277 cm³/mol. The van der Waals surface area contributed by atoms with Crippen molar-refractivity contribution in [2.45, 2.75) is 213 Å².